The average molecular weight is 262 g/mol. The van der Waals surface area contributed by atoms with Crippen LogP contribution in [-0.2, 0) is 4.79 Å². The van der Waals surface area contributed by atoms with E-state index in [0.717, 1.165) is 10.5 Å². The lowest BCUT2D eigenvalue weighted by Gasteiger charge is -1.97. The van der Waals surface area contributed by atoms with Gasteiger partial charge in [-0.15, -0.1) is 0 Å². The van der Waals surface area contributed by atoms with Crippen LogP contribution in [0.4, 0.5) is 0 Å². The Hall–Kier alpha value is -0.800. The van der Waals surface area contributed by atoms with E-state index in [4.69, 9.17) is 16.7 Å². The summed E-state index contributed by atoms with van der Waals surface area (Å²) in [5.74, 6) is -0.990. The van der Waals surface area contributed by atoms with E-state index < -0.39 is 5.97 Å². The second-order valence-electron chi connectivity index (χ2n) is 2.34. The van der Waals surface area contributed by atoms with Gasteiger partial charge in [-0.3, -0.25) is 0 Å². The molecule has 0 saturated heterocycles. The molecule has 0 spiro atoms. The first-order valence-corrected chi connectivity index (χ1v) is 4.63. The number of hydrogen-bond donors (Lipinski definition) is 1. The van der Waals surface area contributed by atoms with Crippen molar-refractivity contribution in [2.75, 3.05) is 0 Å². The van der Waals surface area contributed by atoms with Gasteiger partial charge in [-0.05, 0) is 29.8 Å². The molecule has 1 aromatic carbocycles. The summed E-state index contributed by atoms with van der Waals surface area (Å²) in [5, 5.41) is 8.92. The lowest BCUT2D eigenvalue weighted by Crippen LogP contribution is -1.86. The minimum absolute atomic E-state index is 0.528. The van der Waals surface area contributed by atoms with Gasteiger partial charge < -0.3 is 5.11 Å². The smallest absolute Gasteiger partial charge is 0.328 e. The van der Waals surface area contributed by atoms with E-state index in [1.54, 1.807) is 18.2 Å². The van der Waals surface area contributed by atoms with Gasteiger partial charge in [0.2, 0.25) is 0 Å². The molecule has 0 radical (unpaired) electrons. The van der Waals surface area contributed by atoms with E-state index >= 15 is 0 Å². The summed E-state index contributed by atoms with van der Waals surface area (Å²) in [6, 6.07) is 5.25. The Kier molecular flexibility index (Phi) is 3.51. The van der Waals surface area contributed by atoms with Gasteiger partial charge in [-0.1, -0.05) is 27.5 Å². The van der Waals surface area contributed by atoms with Gasteiger partial charge in [-0.25, -0.2) is 4.79 Å². The van der Waals surface area contributed by atoms with Crippen molar-refractivity contribution in [2.45, 2.75) is 0 Å². The molecule has 0 aliphatic rings. The third-order valence-corrected chi connectivity index (χ3v) is 2.20. The Morgan fingerprint density at radius 1 is 1.54 bits per heavy atom. The van der Waals surface area contributed by atoms with Gasteiger partial charge >= 0.3 is 5.97 Å². The quantitative estimate of drug-likeness (QED) is 0.830. The Labute approximate surface area is 89.0 Å². The number of hydrogen-bond acceptors (Lipinski definition) is 1. The van der Waals surface area contributed by atoms with E-state index in [9.17, 15) is 4.79 Å². The molecule has 0 atom stereocenters. The summed E-state index contributed by atoms with van der Waals surface area (Å²) in [5.41, 5.74) is 0.679. The molecule has 4 heteroatoms. The van der Waals surface area contributed by atoms with Crippen molar-refractivity contribution in [1.29, 1.82) is 0 Å². The predicted molar refractivity (Wildman–Crippen MR) is 55.8 cm³/mol. The molecule has 0 heterocycles. The first-order chi connectivity index (χ1) is 6.09. The predicted octanol–water partition coefficient (Wildman–Crippen LogP) is 3.20. The molecule has 0 fully saturated rings. The van der Waals surface area contributed by atoms with Gasteiger partial charge in [0, 0.05) is 15.6 Å². The second-order valence-corrected chi connectivity index (χ2v) is 3.66. The Bertz CT molecular complexity index is 361. The van der Waals surface area contributed by atoms with Crippen LogP contribution in [0.25, 0.3) is 6.08 Å². The van der Waals surface area contributed by atoms with E-state index in [0.29, 0.717) is 10.6 Å². The van der Waals surface area contributed by atoms with Crippen molar-refractivity contribution >= 4 is 39.6 Å². The zero-order valence-electron chi connectivity index (χ0n) is 6.50. The monoisotopic (exact) mass is 260 g/mol. The normalized spacial score (nSPS) is 10.6. The van der Waals surface area contributed by atoms with Crippen LogP contribution in [0.1, 0.15) is 5.56 Å². The molecular weight excluding hydrogens is 255 g/mol. The largest absolute Gasteiger partial charge is 0.478 e. The molecule has 0 aromatic heterocycles. The van der Waals surface area contributed by atoms with Crippen molar-refractivity contribution in [1.82, 2.24) is 0 Å². The van der Waals surface area contributed by atoms with Crippen LogP contribution >= 0.6 is 27.5 Å². The number of rotatable bonds is 2. The molecule has 13 heavy (non-hydrogen) atoms. The van der Waals surface area contributed by atoms with Crippen LogP contribution in [0.15, 0.2) is 28.7 Å². The van der Waals surface area contributed by atoms with Gasteiger partial charge in [0.25, 0.3) is 0 Å². The van der Waals surface area contributed by atoms with Gasteiger partial charge in [0.05, 0.1) is 0 Å². The average Bonchev–Trinajstić information content (AvgIpc) is 2.06. The number of benzene rings is 1. The Morgan fingerprint density at radius 2 is 2.23 bits per heavy atom. The summed E-state index contributed by atoms with van der Waals surface area (Å²) >= 11 is 9.08. The zero-order valence-corrected chi connectivity index (χ0v) is 8.84. The fourth-order valence-corrected chi connectivity index (χ4v) is 1.36. The number of halogens is 2. The molecule has 0 bridgehead atoms. The number of carboxylic acid groups (broad SMARTS) is 1. The topological polar surface area (TPSA) is 37.3 Å². The van der Waals surface area contributed by atoms with E-state index in [1.807, 2.05) is 0 Å². The number of aliphatic carboxylic acids is 1. The number of carbonyl (C=O) groups is 1. The fraction of sp³-hybridized carbons (Fsp3) is 0. The van der Waals surface area contributed by atoms with Crippen LogP contribution in [0, 0.1) is 0 Å². The van der Waals surface area contributed by atoms with E-state index in [2.05, 4.69) is 15.9 Å². The summed E-state index contributed by atoms with van der Waals surface area (Å²) < 4.78 is 0.863. The zero-order chi connectivity index (χ0) is 9.84. The lowest BCUT2D eigenvalue weighted by atomic mass is 10.2. The van der Waals surface area contributed by atoms with E-state index in [1.165, 1.54) is 6.08 Å². The molecule has 68 valence electrons. The molecule has 2 nitrogen and oxygen atoms in total. The molecule has 0 saturated carbocycles. The second kappa shape index (κ2) is 4.44. The van der Waals surface area contributed by atoms with Gasteiger partial charge in [0.15, 0.2) is 0 Å². The van der Waals surface area contributed by atoms with Crippen LogP contribution in [0.3, 0.4) is 0 Å². The standard InChI is InChI=1S/C9H6BrClO2/c10-7-2-3-8(11)6(5-7)1-4-9(12)13/h1-5H,(H,12,13). The summed E-state index contributed by atoms with van der Waals surface area (Å²) in [6.45, 7) is 0. The van der Waals surface area contributed by atoms with Gasteiger partial charge in [-0.2, -0.15) is 0 Å². The third-order valence-electron chi connectivity index (χ3n) is 1.36. The van der Waals surface area contributed by atoms with Crippen LogP contribution in [-0.4, -0.2) is 11.1 Å². The first-order valence-electron chi connectivity index (χ1n) is 3.45. The SMILES string of the molecule is O=C(O)C=Cc1cc(Br)ccc1Cl. The molecule has 0 aliphatic carbocycles. The molecule has 0 unspecified atom stereocenters. The highest BCUT2D eigenvalue weighted by atomic mass is 79.9. The van der Waals surface area contributed by atoms with Crippen molar-refractivity contribution in [3.63, 3.8) is 0 Å². The fourth-order valence-electron chi connectivity index (χ4n) is 0.803. The molecule has 1 rings (SSSR count). The van der Waals surface area contributed by atoms with Crippen LogP contribution in [0.2, 0.25) is 5.02 Å². The van der Waals surface area contributed by atoms with Crippen molar-refractivity contribution < 1.29 is 9.90 Å². The molecule has 0 aliphatic heterocycles. The van der Waals surface area contributed by atoms with E-state index in [-0.39, 0.29) is 0 Å². The van der Waals surface area contributed by atoms with Crippen molar-refractivity contribution in [3.8, 4) is 0 Å². The minimum Gasteiger partial charge on any atom is -0.478 e. The molecular formula is C9H6BrClO2. The Balaban J connectivity index is 3.00. The van der Waals surface area contributed by atoms with Crippen LogP contribution in [0.5, 0.6) is 0 Å². The van der Waals surface area contributed by atoms with Crippen molar-refractivity contribution in [3.05, 3.63) is 39.3 Å². The maximum atomic E-state index is 10.2. The summed E-state index contributed by atoms with van der Waals surface area (Å²) in [4.78, 5) is 10.2. The summed E-state index contributed by atoms with van der Waals surface area (Å²) in [6.07, 6.45) is 2.50. The minimum atomic E-state index is -0.990. The Morgan fingerprint density at radius 3 is 2.85 bits per heavy atom. The maximum absolute atomic E-state index is 10.2. The highest BCUT2D eigenvalue weighted by Gasteiger charge is 1.97. The number of carboxylic acids is 1. The molecule has 0 amide bonds. The highest BCUT2D eigenvalue weighted by Crippen LogP contribution is 2.21. The maximum Gasteiger partial charge on any atom is 0.328 e. The van der Waals surface area contributed by atoms with Crippen LogP contribution < -0.4 is 0 Å². The molecule has 1 N–H and O–H groups in total. The first kappa shape index (κ1) is 10.3. The highest BCUT2D eigenvalue weighted by molar-refractivity contribution is 9.10. The van der Waals surface area contributed by atoms with Gasteiger partial charge in [0.1, 0.15) is 0 Å². The summed E-state index contributed by atoms with van der Waals surface area (Å²) in [7, 11) is 0. The lowest BCUT2D eigenvalue weighted by molar-refractivity contribution is -0.131. The van der Waals surface area contributed by atoms with Crippen molar-refractivity contribution in [2.24, 2.45) is 0 Å². The third kappa shape index (κ3) is 3.20. The molecule has 1 aromatic rings.